The molecule has 5 nitrogen and oxygen atoms in total. The molecule has 0 saturated carbocycles. The largest absolute Gasteiger partial charge is 0.333 e. The summed E-state index contributed by atoms with van der Waals surface area (Å²) < 4.78 is 0.663. The van der Waals surface area contributed by atoms with E-state index in [0.29, 0.717) is 23.4 Å². The van der Waals surface area contributed by atoms with Gasteiger partial charge in [-0.05, 0) is 47.3 Å². The highest BCUT2D eigenvalue weighted by Crippen LogP contribution is 2.17. The minimum absolute atomic E-state index is 0.174. The highest BCUT2D eigenvalue weighted by atomic mass is 79.9. The van der Waals surface area contributed by atoms with Crippen molar-refractivity contribution in [2.75, 3.05) is 11.9 Å². The number of rotatable bonds is 3. The number of anilines is 1. The van der Waals surface area contributed by atoms with E-state index in [0.717, 1.165) is 19.3 Å². The Kier molecular flexibility index (Phi) is 4.30. The van der Waals surface area contributed by atoms with E-state index in [1.54, 1.807) is 23.1 Å². The summed E-state index contributed by atoms with van der Waals surface area (Å²) in [6.07, 6.45) is 3.38. The number of aromatic nitrogens is 1. The Morgan fingerprint density at radius 1 is 1.50 bits per heavy atom. The first-order valence-electron chi connectivity index (χ1n) is 5.85. The van der Waals surface area contributed by atoms with Crippen LogP contribution >= 0.6 is 15.9 Å². The summed E-state index contributed by atoms with van der Waals surface area (Å²) in [5.41, 5.74) is 0. The van der Waals surface area contributed by atoms with Crippen molar-refractivity contribution < 1.29 is 9.59 Å². The zero-order valence-corrected chi connectivity index (χ0v) is 11.4. The van der Waals surface area contributed by atoms with E-state index >= 15 is 0 Å². The summed E-state index contributed by atoms with van der Waals surface area (Å²) in [6.45, 7) is 0.646. The van der Waals surface area contributed by atoms with Gasteiger partial charge in [0.05, 0.1) is 0 Å². The lowest BCUT2D eigenvalue weighted by molar-refractivity contribution is -0.131. The first-order valence-corrected chi connectivity index (χ1v) is 6.64. The van der Waals surface area contributed by atoms with Gasteiger partial charge in [-0.1, -0.05) is 6.07 Å². The fourth-order valence-corrected chi connectivity index (χ4v) is 2.39. The van der Waals surface area contributed by atoms with Crippen LogP contribution in [0.15, 0.2) is 22.8 Å². The van der Waals surface area contributed by atoms with Gasteiger partial charge in [0, 0.05) is 6.54 Å². The van der Waals surface area contributed by atoms with Gasteiger partial charge in [-0.3, -0.25) is 9.59 Å². The van der Waals surface area contributed by atoms with Gasteiger partial charge >= 0.3 is 0 Å². The molecule has 1 aromatic rings. The third kappa shape index (κ3) is 3.07. The van der Waals surface area contributed by atoms with Crippen molar-refractivity contribution in [3.63, 3.8) is 0 Å². The van der Waals surface area contributed by atoms with E-state index in [1.165, 1.54) is 0 Å². The maximum absolute atomic E-state index is 12.1. The Morgan fingerprint density at radius 3 is 3.06 bits per heavy atom. The summed E-state index contributed by atoms with van der Waals surface area (Å²) in [4.78, 5) is 28.7. The normalized spacial score (nSPS) is 19.4. The number of halogens is 1. The van der Waals surface area contributed by atoms with Gasteiger partial charge in [0.1, 0.15) is 16.5 Å². The van der Waals surface area contributed by atoms with Crippen molar-refractivity contribution in [3.8, 4) is 0 Å². The molecule has 2 rings (SSSR count). The van der Waals surface area contributed by atoms with Crippen LogP contribution in [0.5, 0.6) is 0 Å². The molecule has 1 saturated heterocycles. The predicted octanol–water partition coefficient (Wildman–Crippen LogP) is 1.79. The van der Waals surface area contributed by atoms with E-state index in [9.17, 15) is 9.59 Å². The number of amides is 2. The molecule has 1 aliphatic heterocycles. The molecule has 1 N–H and O–H groups in total. The monoisotopic (exact) mass is 311 g/mol. The van der Waals surface area contributed by atoms with E-state index < -0.39 is 0 Å². The molecular weight excluding hydrogens is 298 g/mol. The molecule has 2 heterocycles. The third-order valence-electron chi connectivity index (χ3n) is 2.95. The molecule has 1 aromatic heterocycles. The Balaban J connectivity index is 2.04. The molecule has 96 valence electrons. The second-order valence-corrected chi connectivity index (χ2v) is 5.00. The van der Waals surface area contributed by atoms with Crippen molar-refractivity contribution in [2.45, 2.75) is 25.3 Å². The summed E-state index contributed by atoms with van der Waals surface area (Å²) in [5, 5.41) is 2.74. The number of piperidine rings is 1. The number of likely N-dealkylation sites (tertiary alicyclic amines) is 1. The summed E-state index contributed by atoms with van der Waals surface area (Å²) in [6, 6.07) is 4.92. The number of carbonyl (C=O) groups is 2. The van der Waals surface area contributed by atoms with Crippen molar-refractivity contribution in [3.05, 3.63) is 22.8 Å². The smallest absolute Gasteiger partial charge is 0.248 e. The topological polar surface area (TPSA) is 62.3 Å². The van der Waals surface area contributed by atoms with Gasteiger partial charge in [0.25, 0.3) is 0 Å². The van der Waals surface area contributed by atoms with E-state index in [2.05, 4.69) is 26.2 Å². The molecule has 0 radical (unpaired) electrons. The zero-order valence-electron chi connectivity index (χ0n) is 9.80. The van der Waals surface area contributed by atoms with Crippen molar-refractivity contribution >= 4 is 34.1 Å². The molecule has 0 aromatic carbocycles. The molecule has 0 spiro atoms. The number of hydrogen-bond acceptors (Lipinski definition) is 3. The number of nitrogens with zero attached hydrogens (tertiary/aromatic N) is 2. The van der Waals surface area contributed by atoms with E-state index in [4.69, 9.17) is 0 Å². The Morgan fingerprint density at radius 2 is 2.33 bits per heavy atom. The van der Waals surface area contributed by atoms with Crippen LogP contribution in [0.2, 0.25) is 0 Å². The van der Waals surface area contributed by atoms with Gasteiger partial charge in [0.2, 0.25) is 12.3 Å². The van der Waals surface area contributed by atoms with Crippen LogP contribution in [0.25, 0.3) is 0 Å². The maximum Gasteiger partial charge on any atom is 0.248 e. The lowest BCUT2D eigenvalue weighted by Gasteiger charge is -2.31. The fourth-order valence-electron chi connectivity index (χ4n) is 2.05. The van der Waals surface area contributed by atoms with Crippen LogP contribution in [0.3, 0.4) is 0 Å². The van der Waals surface area contributed by atoms with Gasteiger partial charge in [0.15, 0.2) is 0 Å². The number of hydrogen-bond donors (Lipinski definition) is 1. The second kappa shape index (κ2) is 5.95. The lowest BCUT2D eigenvalue weighted by Crippen LogP contribution is -2.46. The number of pyridine rings is 1. The fraction of sp³-hybridized carbons (Fsp3) is 0.417. The minimum Gasteiger partial charge on any atom is -0.333 e. The van der Waals surface area contributed by atoms with Gasteiger partial charge < -0.3 is 10.2 Å². The molecule has 1 atom stereocenters. The van der Waals surface area contributed by atoms with E-state index in [1.807, 2.05) is 0 Å². The summed E-state index contributed by atoms with van der Waals surface area (Å²) in [7, 11) is 0. The predicted molar refractivity (Wildman–Crippen MR) is 71.0 cm³/mol. The summed E-state index contributed by atoms with van der Waals surface area (Å²) >= 11 is 3.24. The highest BCUT2D eigenvalue weighted by molar-refractivity contribution is 9.10. The molecule has 1 aliphatic rings. The Hall–Kier alpha value is -1.43. The maximum atomic E-state index is 12.1. The summed E-state index contributed by atoms with van der Waals surface area (Å²) in [5.74, 6) is 0.318. The highest BCUT2D eigenvalue weighted by Gasteiger charge is 2.27. The van der Waals surface area contributed by atoms with Crippen molar-refractivity contribution in [2.24, 2.45) is 0 Å². The van der Waals surface area contributed by atoms with E-state index in [-0.39, 0.29) is 11.9 Å². The number of nitrogens with one attached hydrogen (secondary N) is 1. The van der Waals surface area contributed by atoms with Crippen LogP contribution in [-0.2, 0) is 9.59 Å². The first kappa shape index (κ1) is 13.0. The molecule has 0 aliphatic carbocycles. The minimum atomic E-state index is -0.378. The SMILES string of the molecule is O=CN1CCCCC1C(=O)Nc1cccc(Br)n1. The molecule has 6 heteroatoms. The van der Waals surface area contributed by atoms with Crippen molar-refractivity contribution in [1.29, 1.82) is 0 Å². The third-order valence-corrected chi connectivity index (χ3v) is 3.39. The molecule has 0 bridgehead atoms. The quantitative estimate of drug-likeness (QED) is 0.684. The molecular formula is C12H14BrN3O2. The average Bonchev–Trinajstić information content (AvgIpc) is 2.38. The lowest BCUT2D eigenvalue weighted by atomic mass is 10.0. The second-order valence-electron chi connectivity index (χ2n) is 4.19. The van der Waals surface area contributed by atoms with Gasteiger partial charge in [-0.15, -0.1) is 0 Å². The zero-order chi connectivity index (χ0) is 13.0. The average molecular weight is 312 g/mol. The molecule has 18 heavy (non-hydrogen) atoms. The Labute approximate surface area is 114 Å². The molecule has 1 unspecified atom stereocenters. The van der Waals surface area contributed by atoms with Crippen LogP contribution in [0.4, 0.5) is 5.82 Å². The first-order chi connectivity index (χ1) is 8.70. The number of carbonyl (C=O) groups excluding carboxylic acids is 2. The van der Waals surface area contributed by atoms with Crippen LogP contribution in [-0.4, -0.2) is 34.8 Å². The standard InChI is InChI=1S/C12H14BrN3O2/c13-10-5-3-6-11(14-10)15-12(18)9-4-1-2-7-16(9)8-17/h3,5-6,8-9H,1-2,4,7H2,(H,14,15,18). The van der Waals surface area contributed by atoms with Crippen molar-refractivity contribution in [1.82, 2.24) is 9.88 Å². The molecule has 2 amide bonds. The van der Waals surface area contributed by atoms with Crippen LogP contribution in [0, 0.1) is 0 Å². The Bertz CT molecular complexity index is 453. The van der Waals surface area contributed by atoms with Crippen LogP contribution < -0.4 is 5.32 Å². The van der Waals surface area contributed by atoms with Crippen LogP contribution in [0.1, 0.15) is 19.3 Å². The molecule has 1 fully saturated rings. The van der Waals surface area contributed by atoms with Gasteiger partial charge in [-0.25, -0.2) is 4.98 Å². The van der Waals surface area contributed by atoms with Gasteiger partial charge in [-0.2, -0.15) is 0 Å².